The molecule has 160 valence electrons. The Bertz CT molecular complexity index is 941. The van der Waals surface area contributed by atoms with Crippen molar-refractivity contribution in [2.24, 2.45) is 0 Å². The number of nitrogens with zero attached hydrogens (tertiary/aromatic N) is 6. The topological polar surface area (TPSA) is 50.1 Å². The number of rotatable bonds is 6. The van der Waals surface area contributed by atoms with E-state index in [1.54, 1.807) is 16.8 Å². The van der Waals surface area contributed by atoms with Gasteiger partial charge in [-0.3, -0.25) is 4.90 Å². The quantitative estimate of drug-likeness (QED) is 0.573. The Labute approximate surface area is 187 Å². The van der Waals surface area contributed by atoms with Gasteiger partial charge in [0.1, 0.15) is 5.82 Å². The Morgan fingerprint density at radius 2 is 1.73 bits per heavy atom. The first-order valence-electron chi connectivity index (χ1n) is 9.87. The second-order valence-corrected chi connectivity index (χ2v) is 7.62. The van der Waals surface area contributed by atoms with Gasteiger partial charge in [0.15, 0.2) is 5.82 Å². The van der Waals surface area contributed by atoms with Gasteiger partial charge in [-0.05, 0) is 46.3 Å². The van der Waals surface area contributed by atoms with Crippen LogP contribution < -0.4 is 0 Å². The first-order valence-corrected chi connectivity index (χ1v) is 10.2. The SMILES string of the molecule is CCN1CCN(C(c2ccccc2Cl)c2nnnn2Cc2ccc(F)cc2)CC1.Cl. The third kappa shape index (κ3) is 4.98. The molecule has 9 heteroatoms. The molecule has 0 bridgehead atoms. The molecule has 1 saturated heterocycles. The lowest BCUT2D eigenvalue weighted by atomic mass is 10.0. The monoisotopic (exact) mass is 450 g/mol. The number of halogens is 3. The summed E-state index contributed by atoms with van der Waals surface area (Å²) in [5.41, 5.74) is 1.93. The lowest BCUT2D eigenvalue weighted by Crippen LogP contribution is -2.48. The fourth-order valence-corrected chi connectivity index (χ4v) is 4.06. The number of benzene rings is 2. The summed E-state index contributed by atoms with van der Waals surface area (Å²) in [5.74, 6) is 0.487. The molecule has 4 rings (SSSR count). The maximum Gasteiger partial charge on any atom is 0.173 e. The predicted octanol–water partition coefficient (Wildman–Crippen LogP) is 3.66. The van der Waals surface area contributed by atoms with E-state index < -0.39 is 0 Å². The summed E-state index contributed by atoms with van der Waals surface area (Å²) in [7, 11) is 0. The van der Waals surface area contributed by atoms with E-state index in [0.717, 1.165) is 49.7 Å². The molecule has 1 aromatic heterocycles. The third-order valence-electron chi connectivity index (χ3n) is 5.47. The minimum atomic E-state index is -0.256. The third-order valence-corrected chi connectivity index (χ3v) is 5.81. The maximum atomic E-state index is 13.3. The van der Waals surface area contributed by atoms with Crippen molar-refractivity contribution in [1.82, 2.24) is 30.0 Å². The molecule has 6 nitrogen and oxygen atoms in total. The van der Waals surface area contributed by atoms with Crippen LogP contribution in [0.4, 0.5) is 4.39 Å². The highest BCUT2D eigenvalue weighted by Gasteiger charge is 2.31. The van der Waals surface area contributed by atoms with Gasteiger partial charge in [0.05, 0.1) is 12.6 Å². The molecule has 0 saturated carbocycles. The van der Waals surface area contributed by atoms with Crippen LogP contribution in [-0.4, -0.2) is 62.7 Å². The molecule has 1 atom stereocenters. The van der Waals surface area contributed by atoms with Crippen molar-refractivity contribution in [3.8, 4) is 0 Å². The summed E-state index contributed by atoms with van der Waals surface area (Å²) in [6.07, 6.45) is 0. The average Bonchev–Trinajstić information content (AvgIpc) is 3.19. The number of hydrogen-bond acceptors (Lipinski definition) is 5. The van der Waals surface area contributed by atoms with Crippen LogP contribution in [0.2, 0.25) is 5.02 Å². The van der Waals surface area contributed by atoms with Gasteiger partial charge in [0, 0.05) is 31.2 Å². The fraction of sp³-hybridized carbons (Fsp3) is 0.381. The van der Waals surface area contributed by atoms with Crippen molar-refractivity contribution in [3.05, 3.63) is 76.3 Å². The van der Waals surface area contributed by atoms with Crippen molar-refractivity contribution < 1.29 is 4.39 Å². The molecule has 1 aliphatic rings. The van der Waals surface area contributed by atoms with Gasteiger partial charge in [0.2, 0.25) is 0 Å². The Kier molecular flexibility index (Phi) is 7.77. The largest absolute Gasteiger partial charge is 0.301 e. The average molecular weight is 451 g/mol. The van der Waals surface area contributed by atoms with Gasteiger partial charge < -0.3 is 4.90 Å². The Morgan fingerprint density at radius 1 is 1.03 bits per heavy atom. The Balaban J connectivity index is 0.00000256. The number of piperazine rings is 1. The van der Waals surface area contributed by atoms with E-state index in [9.17, 15) is 4.39 Å². The van der Waals surface area contributed by atoms with Crippen LogP contribution in [0.1, 0.15) is 29.9 Å². The second kappa shape index (κ2) is 10.3. The number of tetrazole rings is 1. The van der Waals surface area contributed by atoms with E-state index in [2.05, 4.69) is 32.2 Å². The van der Waals surface area contributed by atoms with Crippen LogP contribution in [0.25, 0.3) is 0 Å². The lowest BCUT2D eigenvalue weighted by Gasteiger charge is -2.38. The second-order valence-electron chi connectivity index (χ2n) is 7.22. The Hall–Kier alpha value is -2.06. The normalized spacial score (nSPS) is 16.2. The van der Waals surface area contributed by atoms with E-state index in [1.807, 2.05) is 24.3 Å². The first-order chi connectivity index (χ1) is 14.2. The fourth-order valence-electron chi connectivity index (χ4n) is 3.82. The first kappa shape index (κ1) is 22.6. The molecule has 2 aromatic carbocycles. The zero-order chi connectivity index (χ0) is 20.2. The standard InChI is InChI=1S/C21H24ClFN6.ClH/c1-2-27-11-13-28(14-12-27)20(18-5-3-4-6-19(18)22)21-24-25-26-29(21)15-16-7-9-17(23)10-8-16;/h3-10,20H,2,11-15H2,1H3;1H. The molecule has 1 aliphatic heterocycles. The van der Waals surface area contributed by atoms with Gasteiger partial charge in [-0.2, -0.15) is 0 Å². The molecule has 0 spiro atoms. The minimum absolute atomic E-state index is 0. The van der Waals surface area contributed by atoms with Crippen LogP contribution in [0.3, 0.4) is 0 Å². The molecule has 30 heavy (non-hydrogen) atoms. The van der Waals surface area contributed by atoms with Crippen molar-refractivity contribution in [2.45, 2.75) is 19.5 Å². The molecule has 0 N–H and O–H groups in total. The van der Waals surface area contributed by atoms with E-state index in [4.69, 9.17) is 11.6 Å². The highest BCUT2D eigenvalue weighted by atomic mass is 35.5. The van der Waals surface area contributed by atoms with Crippen LogP contribution in [0.5, 0.6) is 0 Å². The van der Waals surface area contributed by atoms with Gasteiger partial charge in [-0.1, -0.05) is 48.9 Å². The smallest absolute Gasteiger partial charge is 0.173 e. The molecule has 0 amide bonds. The molecule has 2 heterocycles. The summed E-state index contributed by atoms with van der Waals surface area (Å²) in [4.78, 5) is 4.82. The molecular formula is C21H25Cl2FN6. The van der Waals surface area contributed by atoms with E-state index in [0.29, 0.717) is 11.6 Å². The predicted molar refractivity (Wildman–Crippen MR) is 118 cm³/mol. The van der Waals surface area contributed by atoms with Crippen LogP contribution >= 0.6 is 24.0 Å². The molecule has 1 unspecified atom stereocenters. The zero-order valence-electron chi connectivity index (χ0n) is 16.8. The minimum Gasteiger partial charge on any atom is -0.301 e. The van der Waals surface area contributed by atoms with Crippen molar-refractivity contribution in [2.75, 3.05) is 32.7 Å². The van der Waals surface area contributed by atoms with Crippen LogP contribution in [-0.2, 0) is 6.54 Å². The lowest BCUT2D eigenvalue weighted by molar-refractivity contribution is 0.108. The molecule has 3 aromatic rings. The summed E-state index contributed by atoms with van der Waals surface area (Å²) in [6.45, 7) is 7.52. The van der Waals surface area contributed by atoms with Gasteiger partial charge >= 0.3 is 0 Å². The van der Waals surface area contributed by atoms with Gasteiger partial charge in [0.25, 0.3) is 0 Å². The summed E-state index contributed by atoms with van der Waals surface area (Å²) >= 11 is 6.58. The summed E-state index contributed by atoms with van der Waals surface area (Å²) < 4.78 is 15.1. The van der Waals surface area contributed by atoms with Gasteiger partial charge in [-0.25, -0.2) is 9.07 Å². The van der Waals surface area contributed by atoms with E-state index in [1.165, 1.54) is 12.1 Å². The summed E-state index contributed by atoms with van der Waals surface area (Å²) in [5, 5.41) is 13.2. The zero-order valence-corrected chi connectivity index (χ0v) is 18.4. The molecular weight excluding hydrogens is 426 g/mol. The van der Waals surface area contributed by atoms with Crippen molar-refractivity contribution in [3.63, 3.8) is 0 Å². The molecule has 0 radical (unpaired) electrons. The van der Waals surface area contributed by atoms with Crippen LogP contribution in [0, 0.1) is 5.82 Å². The maximum absolute atomic E-state index is 13.3. The highest BCUT2D eigenvalue weighted by Crippen LogP contribution is 2.32. The summed E-state index contributed by atoms with van der Waals surface area (Å²) in [6, 6.07) is 14.1. The molecule has 0 aliphatic carbocycles. The van der Waals surface area contributed by atoms with Gasteiger partial charge in [-0.15, -0.1) is 17.5 Å². The Morgan fingerprint density at radius 3 is 2.40 bits per heavy atom. The van der Waals surface area contributed by atoms with Crippen molar-refractivity contribution in [1.29, 1.82) is 0 Å². The van der Waals surface area contributed by atoms with E-state index >= 15 is 0 Å². The number of hydrogen-bond donors (Lipinski definition) is 0. The number of aromatic nitrogens is 4. The van der Waals surface area contributed by atoms with E-state index in [-0.39, 0.29) is 24.3 Å². The van der Waals surface area contributed by atoms with Crippen LogP contribution in [0.15, 0.2) is 48.5 Å². The van der Waals surface area contributed by atoms with Crippen molar-refractivity contribution >= 4 is 24.0 Å². The highest BCUT2D eigenvalue weighted by molar-refractivity contribution is 6.31. The number of likely N-dealkylation sites (N-methyl/N-ethyl adjacent to an activating group) is 1. The molecule has 1 fully saturated rings.